The Kier molecular flexibility index (Phi) is 6.37. The van der Waals surface area contributed by atoms with Gasteiger partial charge >= 0.3 is 5.97 Å². The molecule has 0 unspecified atom stereocenters. The SMILES string of the molecule is CCOC(=O)COc1ccc2c(c1)c(C(=O)c1ccccc1)c(C)n2CC(C)C. The maximum Gasteiger partial charge on any atom is 0.344 e. The summed E-state index contributed by atoms with van der Waals surface area (Å²) in [5.41, 5.74) is 3.24. The molecule has 0 radical (unpaired) electrons. The van der Waals surface area contributed by atoms with Crippen molar-refractivity contribution >= 4 is 22.7 Å². The van der Waals surface area contributed by atoms with Crippen LogP contribution in [0.5, 0.6) is 5.75 Å². The fraction of sp³-hybridized carbons (Fsp3) is 0.333. The average Bonchev–Trinajstić information content (AvgIpc) is 2.97. The van der Waals surface area contributed by atoms with E-state index in [1.54, 1.807) is 6.92 Å². The molecule has 1 heterocycles. The van der Waals surface area contributed by atoms with E-state index in [0.717, 1.165) is 23.1 Å². The van der Waals surface area contributed by atoms with Crippen LogP contribution in [-0.2, 0) is 16.1 Å². The molecule has 2 aromatic carbocycles. The number of carbonyl (C=O) groups is 2. The van der Waals surface area contributed by atoms with Crippen LogP contribution in [0.1, 0.15) is 42.4 Å². The number of benzene rings is 2. The van der Waals surface area contributed by atoms with Gasteiger partial charge in [0.25, 0.3) is 0 Å². The van der Waals surface area contributed by atoms with Gasteiger partial charge in [-0.3, -0.25) is 4.79 Å². The second kappa shape index (κ2) is 8.95. The fourth-order valence-electron chi connectivity index (χ4n) is 3.52. The molecule has 0 saturated carbocycles. The second-order valence-corrected chi connectivity index (χ2v) is 7.43. The van der Waals surface area contributed by atoms with Crippen molar-refractivity contribution in [2.24, 2.45) is 5.92 Å². The molecule has 1 aromatic heterocycles. The quantitative estimate of drug-likeness (QED) is 0.408. The van der Waals surface area contributed by atoms with Gasteiger partial charge < -0.3 is 14.0 Å². The van der Waals surface area contributed by atoms with Gasteiger partial charge in [-0.25, -0.2) is 4.79 Å². The number of ether oxygens (including phenoxy) is 2. The van der Waals surface area contributed by atoms with Crippen LogP contribution in [0.15, 0.2) is 48.5 Å². The molecule has 0 spiro atoms. The van der Waals surface area contributed by atoms with Crippen molar-refractivity contribution in [1.82, 2.24) is 4.57 Å². The zero-order valence-corrected chi connectivity index (χ0v) is 17.4. The van der Waals surface area contributed by atoms with Gasteiger partial charge in [-0.1, -0.05) is 44.2 Å². The average molecular weight is 393 g/mol. The Labute approximate surface area is 171 Å². The Morgan fingerprint density at radius 1 is 1.07 bits per heavy atom. The van der Waals surface area contributed by atoms with Crippen LogP contribution in [0.2, 0.25) is 0 Å². The van der Waals surface area contributed by atoms with Gasteiger partial charge in [-0.15, -0.1) is 0 Å². The van der Waals surface area contributed by atoms with Crippen molar-refractivity contribution in [3.8, 4) is 5.75 Å². The number of nitrogens with zero attached hydrogens (tertiary/aromatic N) is 1. The molecule has 0 bridgehead atoms. The molecule has 3 aromatic rings. The van der Waals surface area contributed by atoms with Crippen LogP contribution in [0.25, 0.3) is 10.9 Å². The third-order valence-electron chi connectivity index (χ3n) is 4.77. The van der Waals surface area contributed by atoms with Crippen LogP contribution >= 0.6 is 0 Å². The molecule has 0 N–H and O–H groups in total. The Balaban J connectivity index is 2.07. The monoisotopic (exact) mass is 393 g/mol. The van der Waals surface area contributed by atoms with Crippen LogP contribution in [0.3, 0.4) is 0 Å². The second-order valence-electron chi connectivity index (χ2n) is 7.43. The first-order valence-electron chi connectivity index (χ1n) is 9.93. The summed E-state index contributed by atoms with van der Waals surface area (Å²) in [7, 11) is 0. The lowest BCUT2D eigenvalue weighted by Crippen LogP contribution is -2.14. The van der Waals surface area contributed by atoms with Crippen molar-refractivity contribution in [3.63, 3.8) is 0 Å². The molecule has 5 nitrogen and oxygen atoms in total. The molecule has 0 fully saturated rings. The van der Waals surface area contributed by atoms with E-state index >= 15 is 0 Å². The minimum atomic E-state index is -0.415. The topological polar surface area (TPSA) is 57.5 Å². The number of hydrogen-bond acceptors (Lipinski definition) is 4. The fourth-order valence-corrected chi connectivity index (χ4v) is 3.52. The van der Waals surface area contributed by atoms with Gasteiger partial charge in [0, 0.05) is 28.7 Å². The molecule has 0 aliphatic heterocycles. The summed E-state index contributed by atoms with van der Waals surface area (Å²) in [6.07, 6.45) is 0. The van der Waals surface area contributed by atoms with E-state index in [4.69, 9.17) is 9.47 Å². The van der Waals surface area contributed by atoms with Gasteiger partial charge in [-0.05, 0) is 38.0 Å². The van der Waals surface area contributed by atoms with Gasteiger partial charge in [0.1, 0.15) is 5.75 Å². The standard InChI is InChI=1S/C24H27NO4/c1-5-28-22(26)15-29-19-11-12-21-20(13-19)23(17(4)25(21)14-16(2)3)24(27)18-9-7-6-8-10-18/h6-13,16H,5,14-15H2,1-4H3. The summed E-state index contributed by atoms with van der Waals surface area (Å²) >= 11 is 0. The van der Waals surface area contributed by atoms with E-state index in [-0.39, 0.29) is 12.4 Å². The molecule has 0 aliphatic rings. The highest BCUT2D eigenvalue weighted by Gasteiger charge is 2.22. The Morgan fingerprint density at radius 2 is 1.79 bits per heavy atom. The largest absolute Gasteiger partial charge is 0.482 e. The summed E-state index contributed by atoms with van der Waals surface area (Å²) < 4.78 is 12.7. The Morgan fingerprint density at radius 3 is 2.45 bits per heavy atom. The smallest absolute Gasteiger partial charge is 0.344 e. The summed E-state index contributed by atoms with van der Waals surface area (Å²) in [5, 5.41) is 0.832. The highest BCUT2D eigenvalue weighted by atomic mass is 16.6. The molecule has 5 heteroatoms. The third-order valence-corrected chi connectivity index (χ3v) is 4.77. The van der Waals surface area contributed by atoms with Crippen molar-refractivity contribution in [2.75, 3.05) is 13.2 Å². The minimum absolute atomic E-state index is 0.0156. The van der Waals surface area contributed by atoms with Crippen LogP contribution in [0, 0.1) is 12.8 Å². The highest BCUT2D eigenvalue weighted by molar-refractivity contribution is 6.17. The Hall–Kier alpha value is -3.08. The van der Waals surface area contributed by atoms with Crippen molar-refractivity contribution in [1.29, 1.82) is 0 Å². The normalized spacial score (nSPS) is 11.1. The van der Waals surface area contributed by atoms with E-state index in [1.165, 1.54) is 0 Å². The molecule has 3 rings (SSSR count). The predicted octanol–water partition coefficient (Wildman–Crippen LogP) is 4.78. The lowest BCUT2D eigenvalue weighted by Gasteiger charge is -2.11. The lowest BCUT2D eigenvalue weighted by molar-refractivity contribution is -0.145. The highest BCUT2D eigenvalue weighted by Crippen LogP contribution is 2.32. The molecule has 152 valence electrons. The zero-order valence-electron chi connectivity index (χ0n) is 17.4. The number of carbonyl (C=O) groups excluding carboxylic acids is 2. The van der Waals surface area contributed by atoms with Crippen LogP contribution < -0.4 is 4.74 Å². The first-order chi connectivity index (χ1) is 13.9. The molecule has 0 atom stereocenters. The van der Waals surface area contributed by atoms with Crippen LogP contribution in [-0.4, -0.2) is 29.5 Å². The number of ketones is 1. The number of esters is 1. The van der Waals surface area contributed by atoms with E-state index in [0.29, 0.717) is 29.4 Å². The summed E-state index contributed by atoms with van der Waals surface area (Å²) in [4.78, 5) is 24.9. The molecule has 0 saturated heterocycles. The van der Waals surface area contributed by atoms with Gasteiger partial charge in [0.15, 0.2) is 12.4 Å². The summed E-state index contributed by atoms with van der Waals surface area (Å²) in [6, 6.07) is 14.9. The molecule has 0 amide bonds. The maximum atomic E-state index is 13.3. The number of hydrogen-bond donors (Lipinski definition) is 0. The van der Waals surface area contributed by atoms with Gasteiger partial charge in [-0.2, -0.15) is 0 Å². The molecular weight excluding hydrogens is 366 g/mol. The minimum Gasteiger partial charge on any atom is -0.482 e. The van der Waals surface area contributed by atoms with E-state index in [9.17, 15) is 9.59 Å². The van der Waals surface area contributed by atoms with E-state index < -0.39 is 5.97 Å². The Bertz CT molecular complexity index is 1020. The van der Waals surface area contributed by atoms with E-state index in [2.05, 4.69) is 18.4 Å². The van der Waals surface area contributed by atoms with Crippen molar-refractivity contribution < 1.29 is 19.1 Å². The number of fused-ring (bicyclic) bond motifs is 1. The zero-order chi connectivity index (χ0) is 21.0. The molecule has 0 aliphatic carbocycles. The van der Waals surface area contributed by atoms with Gasteiger partial charge in [0.05, 0.1) is 12.2 Å². The number of rotatable bonds is 8. The number of aromatic nitrogens is 1. The maximum absolute atomic E-state index is 13.3. The first-order valence-corrected chi connectivity index (χ1v) is 9.93. The first kappa shape index (κ1) is 20.6. The third kappa shape index (κ3) is 4.50. The van der Waals surface area contributed by atoms with Gasteiger partial charge in [0.2, 0.25) is 0 Å². The van der Waals surface area contributed by atoms with Crippen LogP contribution in [0.4, 0.5) is 0 Å². The lowest BCUT2D eigenvalue weighted by atomic mass is 10.0. The van der Waals surface area contributed by atoms with E-state index in [1.807, 2.05) is 55.5 Å². The molecule has 29 heavy (non-hydrogen) atoms. The van der Waals surface area contributed by atoms with Crippen molar-refractivity contribution in [3.05, 3.63) is 65.4 Å². The summed E-state index contributed by atoms with van der Waals surface area (Å²) in [6.45, 7) is 9.01. The van der Waals surface area contributed by atoms with Crippen molar-refractivity contribution in [2.45, 2.75) is 34.2 Å². The predicted molar refractivity (Wildman–Crippen MR) is 114 cm³/mol. The summed E-state index contributed by atoms with van der Waals surface area (Å²) in [5.74, 6) is 0.540. The molecular formula is C24H27NO4.